The SMILES string of the molecule is [C-]#[N+]c1ccc([C@](C)(O)CN2CCN(c3ccc(Cl)cc3Cl)[C@H](c3ccc(Cl)cc3)C2)cc1. The highest BCUT2D eigenvalue weighted by Crippen LogP contribution is 2.37. The third-order valence-electron chi connectivity index (χ3n) is 6.09. The molecule has 170 valence electrons. The zero-order valence-corrected chi connectivity index (χ0v) is 20.4. The lowest BCUT2D eigenvalue weighted by atomic mass is 9.93. The van der Waals surface area contributed by atoms with Crippen LogP contribution in [-0.2, 0) is 5.60 Å². The molecular formula is C26H24Cl3N3O. The monoisotopic (exact) mass is 499 g/mol. The Labute approximate surface area is 209 Å². The lowest BCUT2D eigenvalue weighted by Crippen LogP contribution is -2.52. The Morgan fingerprint density at radius 1 is 0.970 bits per heavy atom. The summed E-state index contributed by atoms with van der Waals surface area (Å²) in [6.45, 7) is 11.6. The number of β-amino-alcohol motifs (C(OH)–C–C–N with tert-alkyl or cyclic N) is 1. The minimum absolute atomic E-state index is 0.0231. The summed E-state index contributed by atoms with van der Waals surface area (Å²) >= 11 is 18.8. The molecule has 0 aliphatic carbocycles. The van der Waals surface area contributed by atoms with E-state index in [9.17, 15) is 5.11 Å². The highest BCUT2D eigenvalue weighted by Gasteiger charge is 2.34. The van der Waals surface area contributed by atoms with Crippen molar-refractivity contribution in [1.82, 2.24) is 4.90 Å². The van der Waals surface area contributed by atoms with E-state index in [0.717, 1.165) is 29.9 Å². The molecule has 3 aromatic rings. The lowest BCUT2D eigenvalue weighted by Gasteiger charge is -2.45. The van der Waals surface area contributed by atoms with E-state index in [1.807, 2.05) is 55.5 Å². The summed E-state index contributed by atoms with van der Waals surface area (Å²) in [4.78, 5) is 7.99. The van der Waals surface area contributed by atoms with Gasteiger partial charge in [-0.1, -0.05) is 71.2 Å². The molecule has 0 aromatic heterocycles. The first kappa shape index (κ1) is 23.9. The summed E-state index contributed by atoms with van der Waals surface area (Å²) in [5.74, 6) is 0. The van der Waals surface area contributed by atoms with Crippen LogP contribution >= 0.6 is 34.8 Å². The number of hydrogen-bond donors (Lipinski definition) is 1. The molecule has 0 radical (unpaired) electrons. The van der Waals surface area contributed by atoms with Crippen LogP contribution in [0.1, 0.15) is 24.1 Å². The van der Waals surface area contributed by atoms with Crippen LogP contribution in [0.15, 0.2) is 66.7 Å². The van der Waals surface area contributed by atoms with Gasteiger partial charge < -0.3 is 10.0 Å². The van der Waals surface area contributed by atoms with Gasteiger partial charge in [0.2, 0.25) is 0 Å². The van der Waals surface area contributed by atoms with Gasteiger partial charge in [-0.15, -0.1) is 0 Å². The molecule has 1 saturated heterocycles. The van der Waals surface area contributed by atoms with Gasteiger partial charge in [-0.25, -0.2) is 4.85 Å². The molecule has 4 rings (SSSR count). The molecule has 4 nitrogen and oxygen atoms in total. The minimum atomic E-state index is -1.05. The number of aliphatic hydroxyl groups is 1. The average Bonchev–Trinajstić information content (AvgIpc) is 2.80. The smallest absolute Gasteiger partial charge is 0.187 e. The number of benzene rings is 3. The van der Waals surface area contributed by atoms with E-state index in [0.29, 0.717) is 33.8 Å². The van der Waals surface area contributed by atoms with Crippen molar-refractivity contribution in [2.45, 2.75) is 18.6 Å². The Bertz CT molecular complexity index is 1160. The second kappa shape index (κ2) is 9.93. The first-order chi connectivity index (χ1) is 15.8. The van der Waals surface area contributed by atoms with Gasteiger partial charge in [0.05, 0.1) is 28.9 Å². The van der Waals surface area contributed by atoms with Gasteiger partial charge in [0.15, 0.2) is 5.69 Å². The molecule has 0 amide bonds. The molecule has 1 aliphatic heterocycles. The Hall–Kier alpha value is -2.26. The van der Waals surface area contributed by atoms with E-state index in [2.05, 4.69) is 14.6 Å². The van der Waals surface area contributed by atoms with E-state index in [1.165, 1.54) is 0 Å². The van der Waals surface area contributed by atoms with E-state index < -0.39 is 5.60 Å². The zero-order chi connectivity index (χ0) is 23.6. The molecule has 3 aromatic carbocycles. The van der Waals surface area contributed by atoms with Crippen molar-refractivity contribution in [1.29, 1.82) is 0 Å². The summed E-state index contributed by atoms with van der Waals surface area (Å²) in [6.07, 6.45) is 0. The maximum absolute atomic E-state index is 11.3. The van der Waals surface area contributed by atoms with Gasteiger partial charge >= 0.3 is 0 Å². The van der Waals surface area contributed by atoms with Crippen molar-refractivity contribution in [3.05, 3.63) is 104 Å². The topological polar surface area (TPSA) is 31.1 Å². The summed E-state index contributed by atoms with van der Waals surface area (Å²) in [6, 6.07) is 20.6. The number of nitrogens with zero attached hydrogens (tertiary/aromatic N) is 3. The highest BCUT2D eigenvalue weighted by atomic mass is 35.5. The third kappa shape index (κ3) is 5.46. The Morgan fingerprint density at radius 2 is 1.64 bits per heavy atom. The molecule has 1 N–H and O–H groups in total. The van der Waals surface area contributed by atoms with Crippen molar-refractivity contribution in [2.24, 2.45) is 0 Å². The fraction of sp³-hybridized carbons (Fsp3) is 0.269. The van der Waals surface area contributed by atoms with Gasteiger partial charge in [0.1, 0.15) is 0 Å². The predicted molar refractivity (Wildman–Crippen MR) is 137 cm³/mol. The third-order valence-corrected chi connectivity index (χ3v) is 6.88. The van der Waals surface area contributed by atoms with Gasteiger partial charge in [0.25, 0.3) is 0 Å². The van der Waals surface area contributed by atoms with Gasteiger partial charge in [-0.3, -0.25) is 4.90 Å². The molecule has 7 heteroatoms. The Morgan fingerprint density at radius 3 is 2.27 bits per heavy atom. The number of piperazine rings is 1. The summed E-state index contributed by atoms with van der Waals surface area (Å²) in [5.41, 5.74) is 2.36. The van der Waals surface area contributed by atoms with Crippen molar-refractivity contribution in [3.8, 4) is 0 Å². The predicted octanol–water partition coefficient (Wildman–Crippen LogP) is 6.97. The molecule has 0 unspecified atom stereocenters. The highest BCUT2D eigenvalue weighted by molar-refractivity contribution is 6.36. The second-order valence-corrected chi connectivity index (χ2v) is 9.80. The average molecular weight is 501 g/mol. The standard InChI is InChI=1S/C26H24Cl3N3O/c1-26(33,19-5-10-22(30-2)11-6-19)17-31-13-14-32(24-12-9-21(28)15-23(24)29)25(16-31)18-3-7-20(27)8-4-18/h3-12,15,25,33H,13-14,16-17H2,1H3/t25-,26+/m0/s1. The number of hydrogen-bond acceptors (Lipinski definition) is 3. The molecule has 2 atom stereocenters. The maximum atomic E-state index is 11.3. The van der Waals surface area contributed by atoms with Gasteiger partial charge in [-0.2, -0.15) is 0 Å². The van der Waals surface area contributed by atoms with E-state index >= 15 is 0 Å². The van der Waals surface area contributed by atoms with Crippen molar-refractivity contribution >= 4 is 46.2 Å². The van der Waals surface area contributed by atoms with Crippen LogP contribution in [0.25, 0.3) is 4.85 Å². The normalized spacial score (nSPS) is 18.5. The molecule has 1 aliphatic rings. The summed E-state index contributed by atoms with van der Waals surface area (Å²) < 4.78 is 0. The van der Waals surface area contributed by atoms with Crippen LogP contribution in [-0.4, -0.2) is 36.2 Å². The van der Waals surface area contributed by atoms with Crippen LogP contribution in [0.5, 0.6) is 0 Å². The van der Waals surface area contributed by atoms with E-state index in [-0.39, 0.29) is 6.04 Å². The maximum Gasteiger partial charge on any atom is 0.187 e. The Kier molecular flexibility index (Phi) is 7.19. The Balaban J connectivity index is 1.60. The first-order valence-corrected chi connectivity index (χ1v) is 11.8. The second-order valence-electron chi connectivity index (χ2n) is 8.52. The van der Waals surface area contributed by atoms with E-state index in [4.69, 9.17) is 41.4 Å². The first-order valence-electron chi connectivity index (χ1n) is 10.7. The quantitative estimate of drug-likeness (QED) is 0.384. The van der Waals surface area contributed by atoms with Crippen LogP contribution in [0.3, 0.4) is 0 Å². The largest absolute Gasteiger partial charge is 0.384 e. The molecule has 0 spiro atoms. The molecular weight excluding hydrogens is 477 g/mol. The number of halogens is 3. The van der Waals surface area contributed by atoms with Crippen LogP contribution in [0, 0.1) is 6.57 Å². The summed E-state index contributed by atoms with van der Waals surface area (Å²) in [7, 11) is 0. The number of rotatable bonds is 5. The molecule has 0 saturated carbocycles. The molecule has 0 bridgehead atoms. The minimum Gasteiger partial charge on any atom is -0.384 e. The van der Waals surface area contributed by atoms with Crippen LogP contribution in [0.4, 0.5) is 11.4 Å². The van der Waals surface area contributed by atoms with Crippen molar-refractivity contribution < 1.29 is 5.11 Å². The van der Waals surface area contributed by atoms with Gasteiger partial charge in [-0.05, 0) is 48.4 Å². The molecule has 1 fully saturated rings. The molecule has 1 heterocycles. The van der Waals surface area contributed by atoms with Crippen LogP contribution in [0.2, 0.25) is 15.1 Å². The van der Waals surface area contributed by atoms with Gasteiger partial charge in [0, 0.05) is 36.2 Å². The lowest BCUT2D eigenvalue weighted by molar-refractivity contribution is 0.0103. The number of anilines is 1. The van der Waals surface area contributed by atoms with Crippen LogP contribution < -0.4 is 4.90 Å². The zero-order valence-electron chi connectivity index (χ0n) is 18.2. The van der Waals surface area contributed by atoms with E-state index in [1.54, 1.807) is 18.2 Å². The fourth-order valence-corrected chi connectivity index (χ4v) is 5.02. The summed E-state index contributed by atoms with van der Waals surface area (Å²) in [5, 5.41) is 13.2. The van der Waals surface area contributed by atoms with Crippen molar-refractivity contribution in [3.63, 3.8) is 0 Å². The molecule has 33 heavy (non-hydrogen) atoms. The van der Waals surface area contributed by atoms with Crippen molar-refractivity contribution in [2.75, 3.05) is 31.1 Å². The fourth-order valence-electron chi connectivity index (χ4n) is 4.38.